The summed E-state index contributed by atoms with van der Waals surface area (Å²) < 4.78 is 0. The van der Waals surface area contributed by atoms with Crippen molar-refractivity contribution >= 4 is 0 Å². The summed E-state index contributed by atoms with van der Waals surface area (Å²) in [6.45, 7) is 0. The standard InChI is InChI=1S/C44H30N4/c1-3-12-32(13-4-1)42-30-43(33-14-5-2-6-15-33)48-44(47-42)39-28-37(31-20-22-34(23-21-31)40-18-7-9-24-45-40)27-38(29-39)35-16-11-17-36(26-35)41-19-8-10-25-46-41/h1-30H. The molecule has 0 radical (unpaired) electrons. The Morgan fingerprint density at radius 2 is 0.688 bits per heavy atom. The molecular formula is C44H30N4. The Morgan fingerprint density at radius 1 is 0.250 bits per heavy atom. The summed E-state index contributed by atoms with van der Waals surface area (Å²) >= 11 is 0. The highest BCUT2D eigenvalue weighted by Crippen LogP contribution is 2.35. The van der Waals surface area contributed by atoms with Gasteiger partial charge in [-0.1, -0.05) is 115 Å². The summed E-state index contributed by atoms with van der Waals surface area (Å²) in [5.41, 5.74) is 13.1. The molecule has 0 unspecified atom stereocenters. The molecule has 8 aromatic rings. The van der Waals surface area contributed by atoms with E-state index >= 15 is 0 Å². The molecule has 4 heteroatoms. The van der Waals surface area contributed by atoms with E-state index < -0.39 is 0 Å². The first-order valence-corrected chi connectivity index (χ1v) is 16.0. The van der Waals surface area contributed by atoms with Gasteiger partial charge in [0, 0.05) is 40.2 Å². The quantitative estimate of drug-likeness (QED) is 0.179. The summed E-state index contributed by atoms with van der Waals surface area (Å²) in [6.07, 6.45) is 3.65. The predicted molar refractivity (Wildman–Crippen MR) is 196 cm³/mol. The second-order valence-corrected chi connectivity index (χ2v) is 11.6. The van der Waals surface area contributed by atoms with Crippen LogP contribution in [0.3, 0.4) is 0 Å². The molecule has 0 saturated heterocycles. The fourth-order valence-corrected chi connectivity index (χ4v) is 5.94. The Bertz CT molecular complexity index is 2250. The van der Waals surface area contributed by atoms with Crippen molar-refractivity contribution in [3.05, 3.63) is 182 Å². The number of hydrogen-bond donors (Lipinski definition) is 0. The van der Waals surface area contributed by atoms with Gasteiger partial charge in [-0.25, -0.2) is 9.97 Å². The number of pyridine rings is 2. The largest absolute Gasteiger partial charge is 0.256 e. The lowest BCUT2D eigenvalue weighted by Crippen LogP contribution is -1.97. The maximum absolute atomic E-state index is 5.16. The molecule has 0 bridgehead atoms. The van der Waals surface area contributed by atoms with Crippen molar-refractivity contribution in [2.45, 2.75) is 0 Å². The normalized spacial score (nSPS) is 10.9. The zero-order valence-corrected chi connectivity index (χ0v) is 26.1. The molecule has 0 N–H and O–H groups in total. The number of rotatable bonds is 7. The summed E-state index contributed by atoms with van der Waals surface area (Å²) in [6, 6.07) is 58.4. The van der Waals surface area contributed by atoms with E-state index in [1.807, 2.05) is 85.2 Å². The van der Waals surface area contributed by atoms with Crippen LogP contribution in [0.5, 0.6) is 0 Å². The van der Waals surface area contributed by atoms with E-state index in [4.69, 9.17) is 9.97 Å². The molecule has 0 atom stereocenters. The zero-order valence-electron chi connectivity index (χ0n) is 26.1. The van der Waals surface area contributed by atoms with E-state index in [9.17, 15) is 0 Å². The molecule has 8 rings (SSSR count). The van der Waals surface area contributed by atoms with Crippen LogP contribution in [0, 0.1) is 0 Å². The molecule has 0 saturated carbocycles. The molecular weight excluding hydrogens is 585 g/mol. The van der Waals surface area contributed by atoms with Crippen molar-refractivity contribution < 1.29 is 0 Å². The minimum Gasteiger partial charge on any atom is -0.256 e. The zero-order chi connectivity index (χ0) is 32.1. The topological polar surface area (TPSA) is 51.6 Å². The minimum absolute atomic E-state index is 0.671. The second-order valence-electron chi connectivity index (χ2n) is 11.6. The molecule has 226 valence electrons. The average Bonchev–Trinajstić information content (AvgIpc) is 3.19. The van der Waals surface area contributed by atoms with Gasteiger partial charge in [-0.2, -0.15) is 0 Å². The van der Waals surface area contributed by atoms with Crippen molar-refractivity contribution in [3.63, 3.8) is 0 Å². The molecule has 0 spiro atoms. The van der Waals surface area contributed by atoms with Crippen molar-refractivity contribution in [2.24, 2.45) is 0 Å². The Labute approximate surface area is 280 Å². The lowest BCUT2D eigenvalue weighted by Gasteiger charge is -2.14. The van der Waals surface area contributed by atoms with Gasteiger partial charge in [0.15, 0.2) is 5.82 Å². The smallest absolute Gasteiger partial charge is 0.160 e. The number of nitrogens with zero attached hydrogens (tertiary/aromatic N) is 4. The van der Waals surface area contributed by atoms with Crippen molar-refractivity contribution in [3.8, 4) is 78.7 Å². The van der Waals surface area contributed by atoms with E-state index in [0.717, 1.165) is 72.8 Å². The van der Waals surface area contributed by atoms with Crippen LogP contribution >= 0.6 is 0 Å². The van der Waals surface area contributed by atoms with Gasteiger partial charge >= 0.3 is 0 Å². The Hall–Kier alpha value is -6.52. The van der Waals surface area contributed by atoms with Crippen LogP contribution in [0.25, 0.3) is 78.7 Å². The molecule has 4 nitrogen and oxygen atoms in total. The molecule has 3 heterocycles. The first kappa shape index (κ1) is 28.9. The van der Waals surface area contributed by atoms with Crippen LogP contribution in [0.2, 0.25) is 0 Å². The van der Waals surface area contributed by atoms with Gasteiger partial charge in [0.25, 0.3) is 0 Å². The van der Waals surface area contributed by atoms with Gasteiger partial charge in [-0.15, -0.1) is 0 Å². The molecule has 0 aliphatic heterocycles. The molecule has 5 aromatic carbocycles. The van der Waals surface area contributed by atoms with Gasteiger partial charge in [-0.05, 0) is 76.9 Å². The van der Waals surface area contributed by atoms with Gasteiger partial charge in [0.1, 0.15) is 0 Å². The first-order valence-electron chi connectivity index (χ1n) is 16.0. The molecule has 0 aliphatic carbocycles. The van der Waals surface area contributed by atoms with E-state index in [-0.39, 0.29) is 0 Å². The van der Waals surface area contributed by atoms with Crippen LogP contribution in [0.1, 0.15) is 0 Å². The minimum atomic E-state index is 0.671. The van der Waals surface area contributed by atoms with Crippen LogP contribution in [-0.4, -0.2) is 19.9 Å². The van der Waals surface area contributed by atoms with Crippen LogP contribution in [0.15, 0.2) is 182 Å². The van der Waals surface area contributed by atoms with Gasteiger partial charge < -0.3 is 0 Å². The molecule has 3 aromatic heterocycles. The van der Waals surface area contributed by atoms with E-state index in [1.54, 1.807) is 0 Å². The van der Waals surface area contributed by atoms with E-state index in [2.05, 4.69) is 107 Å². The van der Waals surface area contributed by atoms with Gasteiger partial charge in [-0.3, -0.25) is 9.97 Å². The number of aromatic nitrogens is 4. The van der Waals surface area contributed by atoms with Crippen molar-refractivity contribution in [1.29, 1.82) is 0 Å². The molecule has 0 aliphatic rings. The van der Waals surface area contributed by atoms with E-state index in [1.165, 1.54) is 0 Å². The molecule has 0 fully saturated rings. The third-order valence-electron chi connectivity index (χ3n) is 8.39. The Kier molecular flexibility index (Phi) is 7.87. The summed E-state index contributed by atoms with van der Waals surface area (Å²) in [5, 5.41) is 0. The maximum atomic E-state index is 5.16. The highest BCUT2D eigenvalue weighted by Gasteiger charge is 2.14. The monoisotopic (exact) mass is 614 g/mol. The fourth-order valence-electron chi connectivity index (χ4n) is 5.94. The number of hydrogen-bond acceptors (Lipinski definition) is 4. The van der Waals surface area contributed by atoms with Crippen LogP contribution < -0.4 is 0 Å². The summed E-state index contributed by atoms with van der Waals surface area (Å²) in [5.74, 6) is 0.671. The third kappa shape index (κ3) is 6.15. The number of benzene rings is 5. The summed E-state index contributed by atoms with van der Waals surface area (Å²) in [4.78, 5) is 19.5. The van der Waals surface area contributed by atoms with Gasteiger partial charge in [0.2, 0.25) is 0 Å². The molecule has 0 amide bonds. The van der Waals surface area contributed by atoms with Crippen LogP contribution in [-0.2, 0) is 0 Å². The fraction of sp³-hybridized carbons (Fsp3) is 0. The lowest BCUT2D eigenvalue weighted by atomic mass is 9.94. The average molecular weight is 615 g/mol. The highest BCUT2D eigenvalue weighted by molar-refractivity contribution is 5.83. The predicted octanol–water partition coefficient (Wildman–Crippen LogP) is 10.9. The third-order valence-corrected chi connectivity index (χ3v) is 8.39. The maximum Gasteiger partial charge on any atom is 0.160 e. The van der Waals surface area contributed by atoms with E-state index in [0.29, 0.717) is 5.82 Å². The second kappa shape index (κ2) is 13.1. The molecule has 48 heavy (non-hydrogen) atoms. The first-order chi connectivity index (χ1) is 23.8. The van der Waals surface area contributed by atoms with Gasteiger partial charge in [0.05, 0.1) is 22.8 Å². The Balaban J connectivity index is 1.30. The highest BCUT2D eigenvalue weighted by atomic mass is 14.9. The van der Waals surface area contributed by atoms with Crippen molar-refractivity contribution in [1.82, 2.24) is 19.9 Å². The SMILES string of the molecule is c1ccc(-c2cc(-c3ccccc3)nc(-c3cc(-c4ccc(-c5ccccn5)cc4)cc(-c4cccc(-c5ccccn5)c4)c3)n2)cc1. The summed E-state index contributed by atoms with van der Waals surface area (Å²) in [7, 11) is 0. The Morgan fingerprint density at radius 3 is 1.27 bits per heavy atom. The lowest BCUT2D eigenvalue weighted by molar-refractivity contribution is 1.18. The van der Waals surface area contributed by atoms with Crippen LogP contribution in [0.4, 0.5) is 0 Å². The van der Waals surface area contributed by atoms with Crippen molar-refractivity contribution in [2.75, 3.05) is 0 Å².